The first-order valence-corrected chi connectivity index (χ1v) is 7.61. The normalized spacial score (nSPS) is 41.2. The van der Waals surface area contributed by atoms with Crippen molar-refractivity contribution in [2.75, 3.05) is 0 Å². The van der Waals surface area contributed by atoms with Crippen LogP contribution in [0.3, 0.4) is 0 Å². The first-order chi connectivity index (χ1) is 8.71. The van der Waals surface area contributed by atoms with Gasteiger partial charge in [0.1, 0.15) is 14.6 Å². The van der Waals surface area contributed by atoms with E-state index in [0.29, 0.717) is 23.1 Å². The lowest BCUT2D eigenvalue weighted by atomic mass is 9.86. The van der Waals surface area contributed by atoms with Gasteiger partial charge in [-0.1, -0.05) is 0 Å². The molecule has 0 amide bonds. The summed E-state index contributed by atoms with van der Waals surface area (Å²) in [7, 11) is -1.08. The Morgan fingerprint density at radius 1 is 1.26 bits per heavy atom. The lowest BCUT2D eigenvalue weighted by Gasteiger charge is -2.47. The maximum Gasteiger partial charge on any atom is 0.281 e. The molecule has 1 aliphatic carbocycles. The standard InChI is InChI=1S/C6H10N3O7P3/c10-3-1-2-4(11,6(14,15)5(3,12)13)16-19-8-17-7-18-9-19/h1-3,10-15H,(H,7,8,9). The fourth-order valence-corrected chi connectivity index (χ4v) is 4.38. The van der Waals surface area contributed by atoms with Gasteiger partial charge in [-0.3, -0.25) is 4.52 Å². The summed E-state index contributed by atoms with van der Waals surface area (Å²) in [6.45, 7) is 0. The number of aliphatic hydroxyl groups is 6. The highest BCUT2D eigenvalue weighted by atomic mass is 31.2. The van der Waals surface area contributed by atoms with E-state index < -0.39 is 31.9 Å². The Balaban J connectivity index is 2.29. The van der Waals surface area contributed by atoms with Crippen LogP contribution in [0, 0.1) is 0 Å². The predicted molar refractivity (Wildman–Crippen MR) is 64.3 cm³/mol. The second kappa shape index (κ2) is 5.11. The summed E-state index contributed by atoms with van der Waals surface area (Å²) in [6, 6.07) is 0. The molecule has 2 rings (SSSR count). The maximum atomic E-state index is 10.0. The highest BCUT2D eigenvalue weighted by molar-refractivity contribution is 7.63. The molecule has 19 heavy (non-hydrogen) atoms. The first-order valence-electron chi connectivity index (χ1n) is 4.75. The Morgan fingerprint density at radius 3 is 2.53 bits per heavy atom. The van der Waals surface area contributed by atoms with E-state index in [1.54, 1.807) is 0 Å². The fourth-order valence-electron chi connectivity index (χ4n) is 1.36. The van der Waals surface area contributed by atoms with Gasteiger partial charge in [0.2, 0.25) is 0 Å². The quantitative estimate of drug-likeness (QED) is 0.190. The van der Waals surface area contributed by atoms with Crippen LogP contribution in [0.25, 0.3) is 0 Å². The Bertz CT molecular complexity index is 455. The lowest BCUT2D eigenvalue weighted by molar-refractivity contribution is -0.449. The Labute approximate surface area is 111 Å². The van der Waals surface area contributed by atoms with Crippen molar-refractivity contribution in [2.24, 2.45) is 9.03 Å². The molecule has 2 aliphatic rings. The van der Waals surface area contributed by atoms with Crippen LogP contribution in [0.4, 0.5) is 0 Å². The molecule has 3 atom stereocenters. The van der Waals surface area contributed by atoms with E-state index in [1.165, 1.54) is 0 Å². The molecule has 0 aromatic rings. The molecule has 106 valence electrons. The second-order valence-corrected chi connectivity index (χ2v) is 7.07. The third kappa shape index (κ3) is 2.51. The highest BCUT2D eigenvalue weighted by Gasteiger charge is 2.67. The van der Waals surface area contributed by atoms with Crippen molar-refractivity contribution in [3.63, 3.8) is 0 Å². The van der Waals surface area contributed by atoms with Crippen molar-refractivity contribution in [1.82, 2.24) is 4.86 Å². The summed E-state index contributed by atoms with van der Waals surface area (Å²) < 4.78 is 12.5. The number of aliphatic hydroxyl groups excluding tert-OH is 1. The average molecular weight is 329 g/mol. The van der Waals surface area contributed by atoms with Gasteiger partial charge in [-0.2, -0.15) is 13.9 Å². The largest absolute Gasteiger partial charge is 0.383 e. The minimum Gasteiger partial charge on any atom is -0.383 e. The summed E-state index contributed by atoms with van der Waals surface area (Å²) in [6.07, 6.45) is -0.535. The number of rotatable bonds is 2. The third-order valence-corrected chi connectivity index (χ3v) is 5.63. The van der Waals surface area contributed by atoms with E-state index in [4.69, 9.17) is 4.52 Å². The topological polar surface area (TPSA) is 167 Å². The second-order valence-electron chi connectivity index (χ2n) is 3.73. The van der Waals surface area contributed by atoms with Gasteiger partial charge in [0.25, 0.3) is 25.8 Å². The SMILES string of the molecule is OC1C=CC(O)(OP2N=PN=PN2)C(O)(O)C1(O)O. The first kappa shape index (κ1) is 15.4. The van der Waals surface area contributed by atoms with Crippen molar-refractivity contribution >= 4 is 25.5 Å². The van der Waals surface area contributed by atoms with Gasteiger partial charge >= 0.3 is 0 Å². The molecule has 0 spiro atoms. The van der Waals surface area contributed by atoms with E-state index in [0.717, 1.165) is 6.08 Å². The molecule has 7 N–H and O–H groups in total. The Morgan fingerprint density at radius 2 is 1.95 bits per heavy atom. The van der Waals surface area contributed by atoms with Gasteiger partial charge in [0.15, 0.2) is 8.52 Å². The van der Waals surface area contributed by atoms with Gasteiger partial charge in [0.05, 0.1) is 0 Å². The minimum absolute atomic E-state index is 0.328. The zero-order valence-corrected chi connectivity index (χ0v) is 11.7. The summed E-state index contributed by atoms with van der Waals surface area (Å²) in [5.74, 6) is -9.84. The van der Waals surface area contributed by atoms with Crippen molar-refractivity contribution in [3.8, 4) is 0 Å². The smallest absolute Gasteiger partial charge is 0.281 e. The van der Waals surface area contributed by atoms with Crippen molar-refractivity contribution in [1.29, 1.82) is 0 Å². The average Bonchev–Trinajstić information content (AvgIpc) is 2.35. The fraction of sp³-hybridized carbons (Fsp3) is 0.667. The van der Waals surface area contributed by atoms with Crippen LogP contribution >= 0.6 is 25.5 Å². The van der Waals surface area contributed by atoms with Gasteiger partial charge in [-0.05, 0) is 12.2 Å². The molecule has 0 saturated heterocycles. The maximum absolute atomic E-state index is 10.0. The third-order valence-electron chi connectivity index (χ3n) is 2.49. The van der Waals surface area contributed by atoms with Gasteiger partial charge in [-0.15, -0.1) is 0 Å². The van der Waals surface area contributed by atoms with Crippen LogP contribution in [0.1, 0.15) is 0 Å². The molecule has 13 heteroatoms. The Kier molecular flexibility index (Phi) is 4.15. The van der Waals surface area contributed by atoms with E-state index in [9.17, 15) is 30.6 Å². The van der Waals surface area contributed by atoms with E-state index in [1.807, 2.05) is 0 Å². The lowest BCUT2D eigenvalue weighted by Crippen LogP contribution is -2.73. The molecule has 10 nitrogen and oxygen atoms in total. The minimum atomic E-state index is -3.56. The van der Waals surface area contributed by atoms with Crippen molar-refractivity contribution in [3.05, 3.63) is 12.2 Å². The van der Waals surface area contributed by atoms with Crippen LogP contribution in [0.2, 0.25) is 0 Å². The molecule has 0 fully saturated rings. The Hall–Kier alpha value is 0.0500. The van der Waals surface area contributed by atoms with Crippen molar-refractivity contribution in [2.45, 2.75) is 23.5 Å². The molecule has 1 aliphatic heterocycles. The van der Waals surface area contributed by atoms with E-state index in [-0.39, 0.29) is 0 Å². The van der Waals surface area contributed by atoms with E-state index in [2.05, 4.69) is 13.9 Å². The molecule has 3 unspecified atom stereocenters. The number of nitrogens with one attached hydrogen (secondary N) is 1. The molecule has 0 bridgehead atoms. The number of hydrogen-bond donors (Lipinski definition) is 7. The predicted octanol–water partition coefficient (Wildman–Crippen LogP) is -1.10. The molecule has 0 radical (unpaired) electrons. The highest BCUT2D eigenvalue weighted by Crippen LogP contribution is 2.51. The summed E-state index contributed by atoms with van der Waals surface area (Å²) in [4.78, 5) is 2.60. The van der Waals surface area contributed by atoms with Gasteiger partial charge in [0, 0.05) is 0 Å². The summed E-state index contributed by atoms with van der Waals surface area (Å²) in [5, 5.41) is 57.7. The molecule has 0 saturated carbocycles. The van der Waals surface area contributed by atoms with Gasteiger partial charge in [-0.25, -0.2) is 0 Å². The molecule has 1 heterocycles. The van der Waals surface area contributed by atoms with Crippen LogP contribution in [0.15, 0.2) is 21.2 Å². The zero-order valence-electron chi connectivity index (χ0n) is 9.06. The zero-order chi connectivity index (χ0) is 14.3. The molecular formula is C6H10N3O7P3. The summed E-state index contributed by atoms with van der Waals surface area (Å²) >= 11 is 0. The number of nitrogens with zero attached hydrogens (tertiary/aromatic N) is 2. The summed E-state index contributed by atoms with van der Waals surface area (Å²) in [5.41, 5.74) is 0. The van der Waals surface area contributed by atoms with E-state index >= 15 is 0 Å². The van der Waals surface area contributed by atoms with Crippen LogP contribution in [-0.2, 0) is 4.52 Å². The molecular weight excluding hydrogens is 319 g/mol. The number of hydrogen-bond acceptors (Lipinski definition) is 10. The molecule has 0 aromatic heterocycles. The van der Waals surface area contributed by atoms with Gasteiger partial charge < -0.3 is 30.6 Å². The van der Waals surface area contributed by atoms with Crippen molar-refractivity contribution < 1.29 is 35.2 Å². The van der Waals surface area contributed by atoms with Crippen LogP contribution in [0.5, 0.6) is 0 Å². The van der Waals surface area contributed by atoms with Crippen LogP contribution < -0.4 is 4.86 Å². The van der Waals surface area contributed by atoms with Crippen LogP contribution in [-0.4, -0.2) is 54.1 Å². The molecule has 0 aromatic carbocycles. The monoisotopic (exact) mass is 329 g/mol.